The van der Waals surface area contributed by atoms with E-state index in [2.05, 4.69) is 10.6 Å². The zero-order valence-electron chi connectivity index (χ0n) is 12.8. The fourth-order valence-corrected chi connectivity index (χ4v) is 2.31. The van der Waals surface area contributed by atoms with Gasteiger partial charge in [-0.15, -0.1) is 0 Å². The maximum atomic E-state index is 13.4. The molecule has 2 N–H and O–H groups in total. The summed E-state index contributed by atoms with van der Waals surface area (Å²) in [4.78, 5) is 11.8. The van der Waals surface area contributed by atoms with Crippen molar-refractivity contribution < 1.29 is 23.0 Å². The Hall–Kier alpha value is -2.83. The molecular weight excluding hydrogens is 318 g/mol. The number of fused-ring (bicyclic) bond motifs is 1. The lowest BCUT2D eigenvalue weighted by molar-refractivity contribution is -0.121. The van der Waals surface area contributed by atoms with Crippen LogP contribution in [-0.4, -0.2) is 19.2 Å². The predicted molar refractivity (Wildman–Crippen MR) is 83.9 cm³/mol. The van der Waals surface area contributed by atoms with Gasteiger partial charge in [0.25, 0.3) is 0 Å². The van der Waals surface area contributed by atoms with Crippen LogP contribution in [0, 0.1) is 11.6 Å². The van der Waals surface area contributed by atoms with Crippen molar-refractivity contribution in [3.63, 3.8) is 0 Å². The summed E-state index contributed by atoms with van der Waals surface area (Å²) in [7, 11) is 0. The molecule has 0 atom stereocenters. The van der Waals surface area contributed by atoms with Crippen molar-refractivity contribution in [1.29, 1.82) is 0 Å². The Morgan fingerprint density at radius 1 is 1.08 bits per heavy atom. The molecule has 24 heavy (non-hydrogen) atoms. The maximum absolute atomic E-state index is 13.4. The van der Waals surface area contributed by atoms with Crippen LogP contribution in [0.1, 0.15) is 12.0 Å². The minimum absolute atomic E-state index is 0.0956. The van der Waals surface area contributed by atoms with E-state index in [-0.39, 0.29) is 31.4 Å². The number of hydrogen-bond donors (Lipinski definition) is 2. The molecule has 0 spiro atoms. The molecule has 0 saturated carbocycles. The van der Waals surface area contributed by atoms with Crippen molar-refractivity contribution in [2.24, 2.45) is 0 Å². The summed E-state index contributed by atoms with van der Waals surface area (Å²) in [6.45, 7) is 0.664. The minimum Gasteiger partial charge on any atom is -0.454 e. The molecule has 0 aromatic heterocycles. The Balaban J connectivity index is 1.45. The summed E-state index contributed by atoms with van der Waals surface area (Å²) in [5.41, 5.74) is 0.654. The highest BCUT2D eigenvalue weighted by atomic mass is 19.1. The number of nitrogens with one attached hydrogen (secondary N) is 2. The van der Waals surface area contributed by atoms with E-state index >= 15 is 0 Å². The van der Waals surface area contributed by atoms with Gasteiger partial charge in [0.05, 0.1) is 0 Å². The largest absolute Gasteiger partial charge is 0.454 e. The Morgan fingerprint density at radius 3 is 2.62 bits per heavy atom. The zero-order chi connectivity index (χ0) is 16.9. The number of amides is 1. The monoisotopic (exact) mass is 334 g/mol. The molecule has 3 rings (SSSR count). The molecule has 1 aliphatic heterocycles. The van der Waals surface area contributed by atoms with E-state index in [4.69, 9.17) is 9.47 Å². The van der Waals surface area contributed by atoms with Gasteiger partial charge < -0.3 is 20.1 Å². The quantitative estimate of drug-likeness (QED) is 0.853. The van der Waals surface area contributed by atoms with Gasteiger partial charge in [-0.25, -0.2) is 8.78 Å². The van der Waals surface area contributed by atoms with Crippen LogP contribution in [0.3, 0.4) is 0 Å². The van der Waals surface area contributed by atoms with Crippen LogP contribution in [0.25, 0.3) is 0 Å². The molecule has 7 heteroatoms. The SMILES string of the molecule is O=C(CCNc1c(F)cccc1F)NCc1ccc2c(c1)OCO2. The van der Waals surface area contributed by atoms with Crippen LogP contribution in [0.2, 0.25) is 0 Å². The Labute approximate surface area is 137 Å². The average molecular weight is 334 g/mol. The lowest BCUT2D eigenvalue weighted by atomic mass is 10.2. The first-order valence-corrected chi connectivity index (χ1v) is 7.46. The first kappa shape index (κ1) is 16.0. The second-order valence-corrected chi connectivity index (χ2v) is 5.24. The lowest BCUT2D eigenvalue weighted by Crippen LogP contribution is -2.25. The van der Waals surface area contributed by atoms with Gasteiger partial charge in [0.2, 0.25) is 12.7 Å². The molecule has 0 saturated heterocycles. The summed E-state index contributed by atoms with van der Waals surface area (Å²) in [6.07, 6.45) is 0.0956. The highest BCUT2D eigenvalue weighted by Crippen LogP contribution is 2.32. The summed E-state index contributed by atoms with van der Waals surface area (Å²) < 4.78 is 37.3. The van der Waals surface area contributed by atoms with Crippen LogP contribution in [0.15, 0.2) is 36.4 Å². The van der Waals surface area contributed by atoms with Gasteiger partial charge >= 0.3 is 0 Å². The van der Waals surface area contributed by atoms with Crippen molar-refractivity contribution in [1.82, 2.24) is 5.32 Å². The fourth-order valence-electron chi connectivity index (χ4n) is 2.31. The third-order valence-electron chi connectivity index (χ3n) is 3.54. The van der Waals surface area contributed by atoms with Crippen LogP contribution in [0.4, 0.5) is 14.5 Å². The number of carbonyl (C=O) groups is 1. The summed E-state index contributed by atoms with van der Waals surface area (Å²) in [6, 6.07) is 9.02. The third-order valence-corrected chi connectivity index (χ3v) is 3.54. The molecule has 1 amide bonds. The summed E-state index contributed by atoms with van der Waals surface area (Å²) in [5, 5.41) is 5.34. The number of carbonyl (C=O) groups excluding carboxylic acids is 1. The molecule has 126 valence electrons. The second-order valence-electron chi connectivity index (χ2n) is 5.24. The van der Waals surface area contributed by atoms with Gasteiger partial charge in [-0.05, 0) is 29.8 Å². The normalized spacial score (nSPS) is 12.1. The number of rotatable bonds is 6. The lowest BCUT2D eigenvalue weighted by Gasteiger charge is -2.09. The number of hydrogen-bond acceptors (Lipinski definition) is 4. The Kier molecular flexibility index (Phi) is 4.79. The molecule has 5 nitrogen and oxygen atoms in total. The fraction of sp³-hybridized carbons (Fsp3) is 0.235. The first-order chi connectivity index (χ1) is 11.6. The van der Waals surface area contributed by atoms with Gasteiger partial charge in [-0.2, -0.15) is 0 Å². The maximum Gasteiger partial charge on any atom is 0.231 e. The molecular formula is C17H16F2N2O3. The number of anilines is 1. The van der Waals surface area contributed by atoms with E-state index in [9.17, 15) is 13.6 Å². The standard InChI is InChI=1S/C17H16F2N2O3/c18-12-2-1-3-13(19)17(12)20-7-6-16(22)21-9-11-4-5-14-15(8-11)24-10-23-14/h1-5,8,20H,6-7,9-10H2,(H,21,22). The van der Waals surface area contributed by atoms with E-state index in [1.54, 1.807) is 12.1 Å². The third kappa shape index (κ3) is 3.73. The summed E-state index contributed by atoms with van der Waals surface area (Å²) in [5.74, 6) is -0.261. The number of ether oxygens (including phenoxy) is 2. The van der Waals surface area contributed by atoms with E-state index in [1.165, 1.54) is 6.07 Å². The Bertz CT molecular complexity index is 732. The predicted octanol–water partition coefficient (Wildman–Crippen LogP) is 2.81. The minimum atomic E-state index is -0.684. The zero-order valence-corrected chi connectivity index (χ0v) is 12.8. The van der Waals surface area contributed by atoms with Gasteiger partial charge in [0.15, 0.2) is 11.5 Å². The van der Waals surface area contributed by atoms with Crippen LogP contribution in [-0.2, 0) is 11.3 Å². The Morgan fingerprint density at radius 2 is 1.83 bits per heavy atom. The van der Waals surface area contributed by atoms with Crippen molar-refractivity contribution in [2.45, 2.75) is 13.0 Å². The molecule has 0 aliphatic carbocycles. The van der Waals surface area contributed by atoms with Gasteiger partial charge in [-0.1, -0.05) is 12.1 Å². The van der Waals surface area contributed by atoms with Crippen molar-refractivity contribution in [2.75, 3.05) is 18.7 Å². The van der Waals surface area contributed by atoms with Crippen molar-refractivity contribution >= 4 is 11.6 Å². The highest BCUT2D eigenvalue weighted by Gasteiger charge is 2.13. The van der Waals surface area contributed by atoms with Crippen LogP contribution in [0.5, 0.6) is 11.5 Å². The number of para-hydroxylation sites is 1. The smallest absolute Gasteiger partial charge is 0.231 e. The van der Waals surface area contributed by atoms with Crippen molar-refractivity contribution in [3.8, 4) is 11.5 Å². The average Bonchev–Trinajstić information content (AvgIpc) is 3.03. The second kappa shape index (κ2) is 7.16. The molecule has 0 radical (unpaired) electrons. The van der Waals surface area contributed by atoms with Crippen LogP contribution < -0.4 is 20.1 Å². The molecule has 1 heterocycles. The number of halogens is 2. The molecule has 1 aliphatic rings. The van der Waals surface area contributed by atoms with Crippen LogP contribution >= 0.6 is 0 Å². The van der Waals surface area contributed by atoms with Crippen molar-refractivity contribution in [3.05, 3.63) is 53.6 Å². The molecule has 0 unspecified atom stereocenters. The van der Waals surface area contributed by atoms with E-state index in [0.29, 0.717) is 18.0 Å². The summed E-state index contributed by atoms with van der Waals surface area (Å²) >= 11 is 0. The van der Waals surface area contributed by atoms with E-state index < -0.39 is 11.6 Å². The molecule has 2 aromatic rings. The topological polar surface area (TPSA) is 59.6 Å². The van der Waals surface area contributed by atoms with Gasteiger partial charge in [0.1, 0.15) is 17.3 Å². The molecule has 2 aromatic carbocycles. The van der Waals surface area contributed by atoms with E-state index in [0.717, 1.165) is 17.7 Å². The number of benzene rings is 2. The van der Waals surface area contributed by atoms with Gasteiger partial charge in [-0.3, -0.25) is 4.79 Å². The van der Waals surface area contributed by atoms with E-state index in [1.807, 2.05) is 6.07 Å². The molecule has 0 bridgehead atoms. The highest BCUT2D eigenvalue weighted by molar-refractivity contribution is 5.76. The van der Waals surface area contributed by atoms with Gasteiger partial charge in [0, 0.05) is 19.5 Å². The first-order valence-electron chi connectivity index (χ1n) is 7.46. The molecule has 0 fully saturated rings.